The first-order valence-corrected chi connectivity index (χ1v) is 8.06. The first-order valence-electron chi connectivity index (χ1n) is 8.06. The van der Waals surface area contributed by atoms with Crippen molar-refractivity contribution in [2.24, 2.45) is 23.7 Å². The summed E-state index contributed by atoms with van der Waals surface area (Å²) in [7, 11) is 0. The molecule has 3 rings (SSSR count). The maximum atomic E-state index is 12.3. The lowest BCUT2D eigenvalue weighted by molar-refractivity contribution is -0.128. The van der Waals surface area contributed by atoms with E-state index in [0.29, 0.717) is 18.4 Å². The van der Waals surface area contributed by atoms with E-state index in [1.54, 1.807) is 0 Å². The molecule has 2 N–H and O–H groups in total. The van der Waals surface area contributed by atoms with E-state index in [4.69, 9.17) is 0 Å². The third-order valence-corrected chi connectivity index (χ3v) is 5.73. The van der Waals surface area contributed by atoms with E-state index in [-0.39, 0.29) is 11.8 Å². The zero-order valence-electron chi connectivity index (χ0n) is 12.0. The molecule has 3 heteroatoms. The largest absolute Gasteiger partial charge is 0.388 e. The summed E-state index contributed by atoms with van der Waals surface area (Å²) in [5.74, 6) is 2.46. The Morgan fingerprint density at radius 3 is 2.79 bits per heavy atom. The molecule has 5 unspecified atom stereocenters. The second-order valence-corrected chi connectivity index (χ2v) is 7.43. The Hall–Kier alpha value is -0.570. The number of hydrogen-bond donors (Lipinski definition) is 2. The molecule has 0 aliphatic heterocycles. The summed E-state index contributed by atoms with van der Waals surface area (Å²) in [6.45, 7) is 2.66. The Bertz CT molecular complexity index is 357. The highest BCUT2D eigenvalue weighted by Gasteiger charge is 2.43. The normalized spacial score (nSPS) is 45.4. The van der Waals surface area contributed by atoms with E-state index in [1.165, 1.54) is 25.7 Å². The number of fused-ring (bicyclic) bond motifs is 2. The van der Waals surface area contributed by atoms with Gasteiger partial charge in [-0.1, -0.05) is 26.2 Å². The molecule has 0 heterocycles. The van der Waals surface area contributed by atoms with Gasteiger partial charge in [0.05, 0.1) is 5.60 Å². The van der Waals surface area contributed by atoms with Crippen LogP contribution in [0.15, 0.2) is 0 Å². The summed E-state index contributed by atoms with van der Waals surface area (Å²) in [5, 5.41) is 13.6. The van der Waals surface area contributed by atoms with Gasteiger partial charge in [-0.2, -0.15) is 0 Å². The summed E-state index contributed by atoms with van der Waals surface area (Å²) < 4.78 is 0. The van der Waals surface area contributed by atoms with Gasteiger partial charge in [0, 0.05) is 12.5 Å². The van der Waals surface area contributed by atoms with Crippen LogP contribution in [0.25, 0.3) is 0 Å². The molecule has 0 aromatic rings. The smallest absolute Gasteiger partial charge is 0.223 e. The van der Waals surface area contributed by atoms with Gasteiger partial charge >= 0.3 is 0 Å². The fraction of sp³-hybridized carbons (Fsp3) is 0.938. The highest BCUT2D eigenvalue weighted by Crippen LogP contribution is 2.48. The Morgan fingerprint density at radius 1 is 1.32 bits per heavy atom. The molecule has 3 nitrogen and oxygen atoms in total. The molecule has 2 bridgehead atoms. The number of aliphatic hydroxyl groups is 1. The monoisotopic (exact) mass is 265 g/mol. The number of carbonyl (C=O) groups excluding carboxylic acids is 1. The molecule has 0 aromatic carbocycles. The summed E-state index contributed by atoms with van der Waals surface area (Å²) in [4.78, 5) is 12.3. The van der Waals surface area contributed by atoms with E-state index in [0.717, 1.165) is 31.6 Å². The Balaban J connectivity index is 1.50. The number of carbonyl (C=O) groups is 1. The minimum atomic E-state index is -0.648. The van der Waals surface area contributed by atoms with Crippen molar-refractivity contribution >= 4 is 5.91 Å². The zero-order chi connectivity index (χ0) is 13.5. The van der Waals surface area contributed by atoms with Gasteiger partial charge in [0.15, 0.2) is 0 Å². The summed E-state index contributed by atoms with van der Waals surface area (Å²) in [6, 6.07) is 0. The quantitative estimate of drug-likeness (QED) is 0.823. The summed E-state index contributed by atoms with van der Waals surface area (Å²) in [6.07, 6.45) is 8.90. The number of amides is 1. The van der Waals surface area contributed by atoms with Gasteiger partial charge in [0.2, 0.25) is 5.91 Å². The minimum absolute atomic E-state index is 0.207. The maximum absolute atomic E-state index is 12.3. The van der Waals surface area contributed by atoms with Crippen LogP contribution < -0.4 is 5.32 Å². The molecule has 19 heavy (non-hydrogen) atoms. The molecule has 3 aliphatic carbocycles. The average Bonchev–Trinajstić information content (AvgIpc) is 2.98. The van der Waals surface area contributed by atoms with Crippen LogP contribution in [0.5, 0.6) is 0 Å². The van der Waals surface area contributed by atoms with Gasteiger partial charge in [0.1, 0.15) is 0 Å². The van der Waals surface area contributed by atoms with Gasteiger partial charge in [0.25, 0.3) is 0 Å². The van der Waals surface area contributed by atoms with Crippen LogP contribution in [0.1, 0.15) is 58.3 Å². The van der Waals surface area contributed by atoms with Crippen LogP contribution in [-0.4, -0.2) is 23.2 Å². The predicted octanol–water partition coefficient (Wildman–Crippen LogP) is 2.48. The number of rotatable bonds is 3. The van der Waals surface area contributed by atoms with Crippen molar-refractivity contribution in [1.29, 1.82) is 0 Å². The summed E-state index contributed by atoms with van der Waals surface area (Å²) >= 11 is 0. The third kappa shape index (κ3) is 2.81. The van der Waals surface area contributed by atoms with Crippen molar-refractivity contribution in [2.45, 2.75) is 63.9 Å². The molecule has 3 aliphatic rings. The van der Waals surface area contributed by atoms with Crippen LogP contribution in [0.4, 0.5) is 0 Å². The van der Waals surface area contributed by atoms with E-state index < -0.39 is 5.60 Å². The van der Waals surface area contributed by atoms with Crippen molar-refractivity contribution in [3.63, 3.8) is 0 Å². The van der Waals surface area contributed by atoms with Gasteiger partial charge in [-0.25, -0.2) is 0 Å². The number of hydrogen-bond acceptors (Lipinski definition) is 2. The topological polar surface area (TPSA) is 49.3 Å². The lowest BCUT2D eigenvalue weighted by Gasteiger charge is -2.36. The van der Waals surface area contributed by atoms with E-state index in [1.807, 2.05) is 0 Å². The van der Waals surface area contributed by atoms with Crippen LogP contribution in [0.3, 0.4) is 0 Å². The molecular formula is C16H27NO2. The molecular weight excluding hydrogens is 238 g/mol. The Morgan fingerprint density at radius 2 is 2.16 bits per heavy atom. The van der Waals surface area contributed by atoms with Crippen molar-refractivity contribution < 1.29 is 9.90 Å². The fourth-order valence-electron chi connectivity index (χ4n) is 4.74. The van der Waals surface area contributed by atoms with Crippen molar-refractivity contribution in [3.8, 4) is 0 Å². The predicted molar refractivity (Wildman–Crippen MR) is 74.5 cm³/mol. The highest BCUT2D eigenvalue weighted by molar-refractivity contribution is 5.79. The van der Waals surface area contributed by atoms with Gasteiger partial charge in [-0.15, -0.1) is 0 Å². The molecule has 3 saturated carbocycles. The molecule has 3 fully saturated rings. The van der Waals surface area contributed by atoms with Gasteiger partial charge < -0.3 is 10.4 Å². The molecule has 0 saturated heterocycles. The molecule has 108 valence electrons. The second kappa shape index (κ2) is 5.08. The second-order valence-electron chi connectivity index (χ2n) is 7.43. The lowest BCUT2D eigenvalue weighted by atomic mass is 9.78. The minimum Gasteiger partial charge on any atom is -0.388 e. The van der Waals surface area contributed by atoms with E-state index in [2.05, 4.69) is 12.2 Å². The van der Waals surface area contributed by atoms with Gasteiger partial charge in [-0.3, -0.25) is 4.79 Å². The Labute approximate surface area is 116 Å². The molecule has 0 spiro atoms. The van der Waals surface area contributed by atoms with Crippen LogP contribution in [-0.2, 0) is 4.79 Å². The highest BCUT2D eigenvalue weighted by atomic mass is 16.3. The molecule has 5 atom stereocenters. The van der Waals surface area contributed by atoms with E-state index in [9.17, 15) is 9.90 Å². The van der Waals surface area contributed by atoms with Crippen molar-refractivity contribution in [3.05, 3.63) is 0 Å². The van der Waals surface area contributed by atoms with Crippen molar-refractivity contribution in [2.75, 3.05) is 6.54 Å². The third-order valence-electron chi connectivity index (χ3n) is 5.73. The first-order chi connectivity index (χ1) is 9.06. The standard InChI is InChI=1S/C16H27NO2/c1-11-3-2-6-16(19,9-11)10-17-15(18)14-8-12-4-5-13(14)7-12/h11-14,19H,2-10H2,1H3,(H,17,18). The lowest BCUT2D eigenvalue weighted by Crippen LogP contribution is -2.47. The van der Waals surface area contributed by atoms with Crippen LogP contribution >= 0.6 is 0 Å². The van der Waals surface area contributed by atoms with Gasteiger partial charge in [-0.05, 0) is 49.9 Å². The summed E-state index contributed by atoms with van der Waals surface area (Å²) in [5.41, 5.74) is -0.648. The SMILES string of the molecule is CC1CCCC(O)(CNC(=O)C2CC3CCC2C3)C1. The van der Waals surface area contributed by atoms with Crippen molar-refractivity contribution in [1.82, 2.24) is 5.32 Å². The zero-order valence-corrected chi connectivity index (χ0v) is 12.0. The maximum Gasteiger partial charge on any atom is 0.223 e. The first kappa shape index (κ1) is 13.4. The number of nitrogens with one attached hydrogen (secondary N) is 1. The molecule has 1 amide bonds. The fourth-order valence-corrected chi connectivity index (χ4v) is 4.74. The molecule has 0 aromatic heterocycles. The van der Waals surface area contributed by atoms with Crippen LogP contribution in [0.2, 0.25) is 0 Å². The average molecular weight is 265 g/mol. The van der Waals surface area contributed by atoms with E-state index >= 15 is 0 Å². The van der Waals surface area contributed by atoms with Crippen LogP contribution in [0, 0.1) is 23.7 Å². The molecule has 0 radical (unpaired) electrons. The Kier molecular flexibility index (Phi) is 3.59.